The molecule has 27 heavy (non-hydrogen) atoms. The topological polar surface area (TPSA) is 70.8 Å². The van der Waals surface area contributed by atoms with Crippen molar-refractivity contribution < 1.29 is 14.2 Å². The predicted octanol–water partition coefficient (Wildman–Crippen LogP) is 3.22. The van der Waals surface area contributed by atoms with Gasteiger partial charge in [0.2, 0.25) is 4.96 Å². The summed E-state index contributed by atoms with van der Waals surface area (Å²) in [7, 11) is 1.65. The van der Waals surface area contributed by atoms with Crippen molar-refractivity contribution in [2.24, 2.45) is 0 Å². The van der Waals surface area contributed by atoms with Crippen molar-refractivity contribution in [1.82, 2.24) is 19.8 Å². The number of ether oxygens (including phenoxy) is 3. The Morgan fingerprint density at radius 3 is 2.67 bits per heavy atom. The molecule has 0 spiro atoms. The molecule has 0 fully saturated rings. The fraction of sp³-hybridized carbons (Fsp3) is 0.211. The fourth-order valence-electron chi connectivity index (χ4n) is 3.02. The first-order valence-electron chi connectivity index (χ1n) is 8.54. The first kappa shape index (κ1) is 16.1. The van der Waals surface area contributed by atoms with E-state index in [0.29, 0.717) is 19.6 Å². The molecule has 2 aromatic heterocycles. The van der Waals surface area contributed by atoms with Gasteiger partial charge in [-0.15, -0.1) is 10.2 Å². The number of nitrogens with zero attached hydrogens (tertiary/aromatic N) is 4. The summed E-state index contributed by atoms with van der Waals surface area (Å²) in [6.45, 7) is 1.18. The maximum absolute atomic E-state index is 5.66. The van der Waals surface area contributed by atoms with Crippen LogP contribution < -0.4 is 14.2 Å². The van der Waals surface area contributed by atoms with Crippen LogP contribution in [0.5, 0.6) is 17.2 Å². The highest BCUT2D eigenvalue weighted by Crippen LogP contribution is 2.32. The molecule has 0 saturated carbocycles. The minimum atomic E-state index is 0.582. The first-order valence-corrected chi connectivity index (χ1v) is 9.36. The third-order valence-electron chi connectivity index (χ3n) is 4.34. The average Bonchev–Trinajstić information content (AvgIpc) is 3.28. The first-order chi connectivity index (χ1) is 13.3. The van der Waals surface area contributed by atoms with E-state index in [-0.39, 0.29) is 0 Å². The van der Waals surface area contributed by atoms with E-state index in [0.717, 1.165) is 44.2 Å². The lowest BCUT2D eigenvalue weighted by molar-refractivity contribution is 0.171. The van der Waals surface area contributed by atoms with E-state index in [2.05, 4.69) is 10.2 Å². The van der Waals surface area contributed by atoms with Crippen molar-refractivity contribution in [3.63, 3.8) is 0 Å². The van der Waals surface area contributed by atoms with Gasteiger partial charge in [0, 0.05) is 12.0 Å². The largest absolute Gasteiger partial charge is 0.497 e. The molecule has 8 heteroatoms. The average molecular weight is 380 g/mol. The maximum atomic E-state index is 5.66. The van der Waals surface area contributed by atoms with E-state index in [1.54, 1.807) is 11.6 Å². The zero-order valence-electron chi connectivity index (χ0n) is 14.6. The van der Waals surface area contributed by atoms with Gasteiger partial charge in [0.05, 0.1) is 7.11 Å². The molecule has 7 nitrogen and oxygen atoms in total. The van der Waals surface area contributed by atoms with Crippen LogP contribution in [-0.2, 0) is 6.42 Å². The van der Waals surface area contributed by atoms with Gasteiger partial charge < -0.3 is 14.2 Å². The number of hydrogen-bond acceptors (Lipinski definition) is 7. The number of fused-ring (bicyclic) bond motifs is 2. The van der Waals surface area contributed by atoms with E-state index >= 15 is 0 Å². The molecule has 0 radical (unpaired) electrons. The monoisotopic (exact) mass is 380 g/mol. The molecular weight excluding hydrogens is 364 g/mol. The molecule has 4 aromatic rings. The Morgan fingerprint density at radius 1 is 1.04 bits per heavy atom. The van der Waals surface area contributed by atoms with E-state index in [4.69, 9.17) is 19.3 Å². The van der Waals surface area contributed by atoms with Crippen LogP contribution in [0.2, 0.25) is 0 Å². The molecule has 136 valence electrons. The maximum Gasteiger partial charge on any atom is 0.234 e. The second-order valence-corrected chi connectivity index (χ2v) is 7.14. The highest BCUT2D eigenvalue weighted by Gasteiger charge is 2.16. The van der Waals surface area contributed by atoms with E-state index < -0.39 is 0 Å². The lowest BCUT2D eigenvalue weighted by atomic mass is 10.1. The molecule has 2 aromatic carbocycles. The molecule has 0 N–H and O–H groups in total. The van der Waals surface area contributed by atoms with Crippen molar-refractivity contribution in [3.05, 3.63) is 53.0 Å². The Balaban J connectivity index is 1.44. The summed E-state index contributed by atoms with van der Waals surface area (Å²) in [5, 5.41) is 14.2. The summed E-state index contributed by atoms with van der Waals surface area (Å²) >= 11 is 1.53. The molecule has 0 atom stereocenters. The van der Waals surface area contributed by atoms with Gasteiger partial charge in [0.1, 0.15) is 24.0 Å². The van der Waals surface area contributed by atoms with Crippen molar-refractivity contribution in [3.8, 4) is 28.6 Å². The molecule has 0 unspecified atom stereocenters. The number of aromatic nitrogens is 4. The summed E-state index contributed by atoms with van der Waals surface area (Å²) in [5.74, 6) is 3.11. The normalized spacial score (nSPS) is 13.1. The minimum absolute atomic E-state index is 0.582. The zero-order valence-corrected chi connectivity index (χ0v) is 15.4. The van der Waals surface area contributed by atoms with E-state index in [1.165, 1.54) is 11.3 Å². The van der Waals surface area contributed by atoms with Gasteiger partial charge in [0.15, 0.2) is 17.3 Å². The smallest absolute Gasteiger partial charge is 0.234 e. The van der Waals surface area contributed by atoms with Crippen molar-refractivity contribution >= 4 is 16.3 Å². The Bertz CT molecular complexity index is 1100. The van der Waals surface area contributed by atoms with E-state index in [9.17, 15) is 0 Å². The van der Waals surface area contributed by atoms with Crippen LogP contribution in [-0.4, -0.2) is 40.1 Å². The zero-order chi connectivity index (χ0) is 18.2. The molecule has 1 aliphatic rings. The number of hydrogen-bond donors (Lipinski definition) is 0. The van der Waals surface area contributed by atoms with Crippen LogP contribution in [0.25, 0.3) is 16.3 Å². The lowest BCUT2D eigenvalue weighted by Crippen LogP contribution is -2.15. The van der Waals surface area contributed by atoms with Gasteiger partial charge in [-0.05, 0) is 42.0 Å². The Morgan fingerprint density at radius 2 is 1.85 bits per heavy atom. The number of methoxy groups -OCH3 is 1. The molecular formula is C19H16N4O3S. The summed E-state index contributed by atoms with van der Waals surface area (Å²) in [4.78, 5) is 0.772. The van der Waals surface area contributed by atoms with Crippen molar-refractivity contribution in [2.75, 3.05) is 20.3 Å². The third-order valence-corrected chi connectivity index (χ3v) is 5.24. The number of rotatable bonds is 4. The quantitative estimate of drug-likeness (QED) is 0.541. The second kappa shape index (κ2) is 6.55. The summed E-state index contributed by atoms with van der Waals surface area (Å²) in [5.41, 5.74) is 2.06. The Kier molecular flexibility index (Phi) is 3.90. The summed E-state index contributed by atoms with van der Waals surface area (Å²) in [6, 6.07) is 13.7. The van der Waals surface area contributed by atoms with Crippen LogP contribution in [0.1, 0.15) is 10.6 Å². The third kappa shape index (κ3) is 2.97. The molecule has 5 rings (SSSR count). The van der Waals surface area contributed by atoms with E-state index in [1.807, 2.05) is 42.5 Å². The molecule has 0 saturated heterocycles. The van der Waals surface area contributed by atoms with Crippen LogP contribution in [0.4, 0.5) is 0 Å². The fourth-order valence-corrected chi connectivity index (χ4v) is 3.89. The Hall–Kier alpha value is -3.13. The SMILES string of the molecule is COc1ccc(-c2nnc3sc(Cc4ccc5c(c4)OCCO5)nn23)cc1. The van der Waals surface area contributed by atoms with Crippen LogP contribution in [0.15, 0.2) is 42.5 Å². The molecule has 1 aliphatic heterocycles. The molecule has 3 heterocycles. The van der Waals surface area contributed by atoms with Crippen molar-refractivity contribution in [1.29, 1.82) is 0 Å². The van der Waals surface area contributed by atoms with Crippen molar-refractivity contribution in [2.45, 2.75) is 6.42 Å². The standard InChI is InChI=1S/C19H16N4O3S/c1-24-14-5-3-13(4-6-14)18-20-21-19-23(18)22-17(27-19)11-12-2-7-15-16(10-12)26-9-8-25-15/h2-7,10H,8-9,11H2,1H3. The molecule has 0 amide bonds. The highest BCUT2D eigenvalue weighted by atomic mass is 32.1. The van der Waals surface area contributed by atoms with Crippen LogP contribution in [0, 0.1) is 0 Å². The van der Waals surface area contributed by atoms with Crippen LogP contribution in [0.3, 0.4) is 0 Å². The summed E-state index contributed by atoms with van der Waals surface area (Å²) < 4.78 is 18.2. The molecule has 0 bridgehead atoms. The van der Waals surface area contributed by atoms with Gasteiger partial charge in [-0.2, -0.15) is 9.61 Å². The van der Waals surface area contributed by atoms with Crippen LogP contribution >= 0.6 is 11.3 Å². The summed E-state index contributed by atoms with van der Waals surface area (Å²) in [6.07, 6.45) is 0.701. The predicted molar refractivity (Wildman–Crippen MR) is 101 cm³/mol. The lowest BCUT2D eigenvalue weighted by Gasteiger charge is -2.18. The van der Waals surface area contributed by atoms with Gasteiger partial charge in [-0.25, -0.2) is 0 Å². The molecule has 0 aliphatic carbocycles. The highest BCUT2D eigenvalue weighted by molar-refractivity contribution is 7.16. The number of benzene rings is 2. The Labute approximate surface area is 159 Å². The van der Waals surface area contributed by atoms with Gasteiger partial charge in [0.25, 0.3) is 0 Å². The van der Waals surface area contributed by atoms with Gasteiger partial charge in [-0.3, -0.25) is 0 Å². The minimum Gasteiger partial charge on any atom is -0.497 e. The van der Waals surface area contributed by atoms with Gasteiger partial charge in [-0.1, -0.05) is 17.4 Å². The second-order valence-electron chi connectivity index (χ2n) is 6.10. The van der Waals surface area contributed by atoms with Gasteiger partial charge >= 0.3 is 0 Å².